The molecule has 61 valence electrons. The van der Waals surface area contributed by atoms with Gasteiger partial charge in [0.15, 0.2) is 0 Å². The quantitative estimate of drug-likeness (QED) is 0.653. The first-order valence-corrected chi connectivity index (χ1v) is 4.07. The van der Waals surface area contributed by atoms with Crippen molar-refractivity contribution in [1.29, 1.82) is 0 Å². The number of unbranched alkanes of at least 4 members (excludes halogenated alkanes) is 3. The average molecular weight is 152 g/mol. The molecule has 0 aliphatic heterocycles. The molecule has 1 heterocycles. The van der Waals surface area contributed by atoms with Crippen molar-refractivity contribution in [1.82, 2.24) is 15.2 Å². The lowest BCUT2D eigenvalue weighted by molar-refractivity contribution is 0.669. The van der Waals surface area contributed by atoms with Crippen molar-refractivity contribution in [3.05, 3.63) is 19.1 Å². The molecule has 3 nitrogen and oxygen atoms in total. The normalized spacial score (nSPS) is 10.3. The van der Waals surface area contributed by atoms with Gasteiger partial charge in [0.25, 0.3) is 0 Å². The van der Waals surface area contributed by atoms with Gasteiger partial charge < -0.3 is 4.98 Å². The van der Waals surface area contributed by atoms with E-state index in [1.807, 2.05) is 0 Å². The molecule has 3 heteroatoms. The molecule has 1 radical (unpaired) electrons. The third-order valence-electron chi connectivity index (χ3n) is 1.63. The second kappa shape index (κ2) is 4.88. The molecule has 0 aromatic carbocycles. The lowest BCUT2D eigenvalue weighted by Gasteiger charge is -1.94. The summed E-state index contributed by atoms with van der Waals surface area (Å²) in [5, 5.41) is 7.60. The number of aromatic nitrogens is 3. The SMILES string of the molecule is [CH2]CCCCCc1nnc[nH]1. The Bertz CT molecular complexity index is 169. The minimum Gasteiger partial charge on any atom is -0.332 e. The van der Waals surface area contributed by atoms with Gasteiger partial charge in [0, 0.05) is 6.42 Å². The first-order chi connectivity index (χ1) is 5.43. The molecule has 1 aromatic heterocycles. The van der Waals surface area contributed by atoms with Crippen LogP contribution >= 0.6 is 0 Å². The van der Waals surface area contributed by atoms with E-state index in [1.54, 1.807) is 6.33 Å². The van der Waals surface area contributed by atoms with Gasteiger partial charge in [0.2, 0.25) is 0 Å². The molecule has 0 saturated carbocycles. The summed E-state index contributed by atoms with van der Waals surface area (Å²) >= 11 is 0. The van der Waals surface area contributed by atoms with Gasteiger partial charge in [0.05, 0.1) is 0 Å². The number of H-pyrrole nitrogens is 1. The third-order valence-corrected chi connectivity index (χ3v) is 1.63. The molecule has 1 aromatic rings. The van der Waals surface area contributed by atoms with E-state index in [4.69, 9.17) is 0 Å². The summed E-state index contributed by atoms with van der Waals surface area (Å²) in [4.78, 5) is 2.98. The van der Waals surface area contributed by atoms with E-state index in [0.29, 0.717) is 0 Å². The van der Waals surface area contributed by atoms with Crippen LogP contribution in [0.2, 0.25) is 0 Å². The van der Waals surface area contributed by atoms with E-state index in [9.17, 15) is 0 Å². The van der Waals surface area contributed by atoms with E-state index in [1.165, 1.54) is 19.3 Å². The van der Waals surface area contributed by atoms with Crippen LogP contribution < -0.4 is 0 Å². The molecule has 0 aliphatic carbocycles. The van der Waals surface area contributed by atoms with Crippen molar-refractivity contribution in [3.63, 3.8) is 0 Å². The first-order valence-electron chi connectivity index (χ1n) is 4.07. The second-order valence-electron chi connectivity index (χ2n) is 2.60. The summed E-state index contributed by atoms with van der Waals surface area (Å²) in [6, 6.07) is 0. The molecule has 1 N–H and O–H groups in total. The third kappa shape index (κ3) is 3.16. The summed E-state index contributed by atoms with van der Waals surface area (Å²) in [6.07, 6.45) is 7.32. The molecule has 0 bridgehead atoms. The Balaban J connectivity index is 2.04. The summed E-state index contributed by atoms with van der Waals surface area (Å²) in [5.41, 5.74) is 0. The van der Waals surface area contributed by atoms with E-state index < -0.39 is 0 Å². The van der Waals surface area contributed by atoms with Crippen molar-refractivity contribution in [3.8, 4) is 0 Å². The zero-order valence-electron chi connectivity index (χ0n) is 6.71. The maximum atomic E-state index is 3.89. The van der Waals surface area contributed by atoms with Crippen LogP contribution in [0.25, 0.3) is 0 Å². The maximum absolute atomic E-state index is 3.89. The number of aromatic amines is 1. The topological polar surface area (TPSA) is 41.6 Å². The Kier molecular flexibility index (Phi) is 3.65. The Morgan fingerprint density at radius 1 is 1.36 bits per heavy atom. The predicted molar refractivity (Wildman–Crippen MR) is 43.9 cm³/mol. The lowest BCUT2D eigenvalue weighted by atomic mass is 10.1. The maximum Gasteiger partial charge on any atom is 0.130 e. The Morgan fingerprint density at radius 3 is 2.91 bits per heavy atom. The highest BCUT2D eigenvalue weighted by Crippen LogP contribution is 2.02. The number of rotatable bonds is 5. The summed E-state index contributed by atoms with van der Waals surface area (Å²) in [6.45, 7) is 3.78. The fourth-order valence-electron chi connectivity index (χ4n) is 0.999. The van der Waals surface area contributed by atoms with Crippen LogP contribution in [-0.4, -0.2) is 15.2 Å². The molecule has 0 atom stereocenters. The van der Waals surface area contributed by atoms with Crippen LogP contribution in [0.4, 0.5) is 0 Å². The van der Waals surface area contributed by atoms with Crippen LogP contribution in [0.3, 0.4) is 0 Å². The van der Waals surface area contributed by atoms with Crippen molar-refractivity contribution in [2.24, 2.45) is 0 Å². The van der Waals surface area contributed by atoms with Crippen molar-refractivity contribution < 1.29 is 0 Å². The van der Waals surface area contributed by atoms with E-state index >= 15 is 0 Å². The summed E-state index contributed by atoms with van der Waals surface area (Å²) < 4.78 is 0. The Labute approximate surface area is 67.2 Å². The largest absolute Gasteiger partial charge is 0.332 e. The molecule has 11 heavy (non-hydrogen) atoms. The molecule has 0 amide bonds. The van der Waals surface area contributed by atoms with Gasteiger partial charge in [-0.2, -0.15) is 0 Å². The Morgan fingerprint density at radius 2 is 2.27 bits per heavy atom. The van der Waals surface area contributed by atoms with Gasteiger partial charge >= 0.3 is 0 Å². The highest BCUT2D eigenvalue weighted by molar-refractivity contribution is 4.79. The second-order valence-corrected chi connectivity index (χ2v) is 2.60. The number of nitrogens with zero attached hydrogens (tertiary/aromatic N) is 2. The summed E-state index contributed by atoms with van der Waals surface area (Å²) in [5.74, 6) is 0.995. The van der Waals surface area contributed by atoms with Crippen LogP contribution in [0.15, 0.2) is 6.33 Å². The van der Waals surface area contributed by atoms with Gasteiger partial charge in [-0.1, -0.05) is 26.2 Å². The van der Waals surface area contributed by atoms with Crippen LogP contribution in [0.1, 0.15) is 31.5 Å². The molecular weight excluding hydrogens is 138 g/mol. The zero-order valence-corrected chi connectivity index (χ0v) is 6.71. The van der Waals surface area contributed by atoms with Crippen molar-refractivity contribution >= 4 is 0 Å². The first kappa shape index (κ1) is 8.24. The van der Waals surface area contributed by atoms with Gasteiger partial charge in [-0.05, 0) is 6.42 Å². The molecule has 0 saturated heterocycles. The van der Waals surface area contributed by atoms with E-state index in [0.717, 1.165) is 18.7 Å². The molecule has 0 aliphatic rings. The van der Waals surface area contributed by atoms with Gasteiger partial charge in [-0.25, -0.2) is 0 Å². The number of hydrogen-bond acceptors (Lipinski definition) is 2. The van der Waals surface area contributed by atoms with Crippen LogP contribution in [0.5, 0.6) is 0 Å². The highest BCUT2D eigenvalue weighted by atomic mass is 15.2. The molecule has 0 fully saturated rings. The highest BCUT2D eigenvalue weighted by Gasteiger charge is 1.94. The predicted octanol–water partition coefficient (Wildman–Crippen LogP) is 1.74. The van der Waals surface area contributed by atoms with Crippen LogP contribution in [-0.2, 0) is 6.42 Å². The molecule has 1 rings (SSSR count). The molecule has 0 unspecified atom stereocenters. The number of hydrogen-bond donors (Lipinski definition) is 1. The monoisotopic (exact) mass is 152 g/mol. The molecule has 0 spiro atoms. The fourth-order valence-corrected chi connectivity index (χ4v) is 0.999. The standard InChI is InChI=1S/C8H14N3/c1-2-3-4-5-6-8-9-7-10-11-8/h7H,1-6H2,(H,9,10,11). The molecular formula is C8H14N3. The van der Waals surface area contributed by atoms with Gasteiger partial charge in [-0.3, -0.25) is 0 Å². The minimum atomic E-state index is 0.995. The minimum absolute atomic E-state index is 0.995. The van der Waals surface area contributed by atoms with Crippen molar-refractivity contribution in [2.75, 3.05) is 0 Å². The number of aryl methyl sites for hydroxylation is 1. The smallest absolute Gasteiger partial charge is 0.130 e. The lowest BCUT2D eigenvalue weighted by Crippen LogP contribution is -1.88. The van der Waals surface area contributed by atoms with Crippen LogP contribution in [0, 0.1) is 6.92 Å². The average Bonchev–Trinajstić information content (AvgIpc) is 2.50. The van der Waals surface area contributed by atoms with Gasteiger partial charge in [-0.15, -0.1) is 10.2 Å². The fraction of sp³-hybridized carbons (Fsp3) is 0.625. The van der Waals surface area contributed by atoms with Gasteiger partial charge in [0.1, 0.15) is 12.2 Å². The number of nitrogens with one attached hydrogen (secondary N) is 1. The van der Waals surface area contributed by atoms with E-state index in [-0.39, 0.29) is 0 Å². The summed E-state index contributed by atoms with van der Waals surface area (Å²) in [7, 11) is 0. The van der Waals surface area contributed by atoms with Crippen molar-refractivity contribution in [2.45, 2.75) is 32.1 Å². The Hall–Kier alpha value is -0.860. The zero-order chi connectivity index (χ0) is 7.94. The van der Waals surface area contributed by atoms with E-state index in [2.05, 4.69) is 22.1 Å².